The van der Waals surface area contributed by atoms with Crippen LogP contribution in [0.15, 0.2) is 36.7 Å². The Hall–Kier alpha value is -3.03. The highest BCUT2D eigenvalue weighted by atomic mass is 19.1. The fourth-order valence-corrected chi connectivity index (χ4v) is 3.40. The average Bonchev–Trinajstić information content (AvgIpc) is 3.21. The van der Waals surface area contributed by atoms with Gasteiger partial charge in [-0.2, -0.15) is 0 Å². The summed E-state index contributed by atoms with van der Waals surface area (Å²) in [6, 6.07) is 8.03. The molecule has 4 aromatic rings. The molecule has 0 radical (unpaired) electrons. The first-order valence-electron chi connectivity index (χ1n) is 8.68. The van der Waals surface area contributed by atoms with E-state index in [1.54, 1.807) is 15.4 Å². The lowest BCUT2D eigenvalue weighted by Gasteiger charge is -2.33. The Morgan fingerprint density at radius 2 is 2.12 bits per heavy atom. The lowest BCUT2D eigenvalue weighted by Crippen LogP contribution is -2.39. The van der Waals surface area contributed by atoms with Gasteiger partial charge in [0.25, 0.3) is 0 Å². The minimum atomic E-state index is -1.10. The lowest BCUT2D eigenvalue weighted by molar-refractivity contribution is 0.0782. The molecule has 8 heteroatoms. The zero-order valence-electron chi connectivity index (χ0n) is 14.4. The summed E-state index contributed by atoms with van der Waals surface area (Å²) in [5, 5.41) is 15.6. The van der Waals surface area contributed by atoms with Crippen molar-refractivity contribution in [2.45, 2.75) is 24.9 Å². The van der Waals surface area contributed by atoms with Gasteiger partial charge in [0.1, 0.15) is 11.2 Å². The maximum Gasteiger partial charge on any atom is 0.241 e. The number of benzene rings is 1. The average molecular weight is 351 g/mol. The second-order valence-electron chi connectivity index (χ2n) is 6.92. The van der Waals surface area contributed by atoms with Crippen molar-refractivity contribution < 1.29 is 4.39 Å². The van der Waals surface area contributed by atoms with E-state index in [0.29, 0.717) is 18.8 Å². The molecule has 0 saturated heterocycles. The van der Waals surface area contributed by atoms with E-state index in [9.17, 15) is 4.39 Å². The zero-order valence-corrected chi connectivity index (χ0v) is 14.4. The molecule has 0 atom stereocenters. The number of hydrogen-bond acceptors (Lipinski definition) is 5. The van der Waals surface area contributed by atoms with E-state index < -0.39 is 5.67 Å². The Labute approximate surface area is 148 Å². The first kappa shape index (κ1) is 15.2. The maximum absolute atomic E-state index is 14.1. The van der Waals surface area contributed by atoms with Crippen molar-refractivity contribution in [1.29, 1.82) is 0 Å². The summed E-state index contributed by atoms with van der Waals surface area (Å²) in [6.45, 7) is 0.261. The van der Waals surface area contributed by atoms with Gasteiger partial charge in [0.2, 0.25) is 5.95 Å². The SMILES string of the molecule is Cn1nnc2ccc(-c3ccn4nc(NCC5(F)CCC5)ncc34)cc21. The number of anilines is 1. The van der Waals surface area contributed by atoms with Crippen molar-refractivity contribution >= 4 is 22.5 Å². The minimum Gasteiger partial charge on any atom is -0.350 e. The molecule has 1 aliphatic carbocycles. The smallest absolute Gasteiger partial charge is 0.241 e. The van der Waals surface area contributed by atoms with Crippen LogP contribution < -0.4 is 5.32 Å². The summed E-state index contributed by atoms with van der Waals surface area (Å²) in [5.41, 5.74) is 3.69. The van der Waals surface area contributed by atoms with Crippen LogP contribution in [-0.2, 0) is 7.05 Å². The number of hydrogen-bond donors (Lipinski definition) is 1. The third-order valence-electron chi connectivity index (χ3n) is 5.15. The Bertz CT molecular complexity index is 1110. The van der Waals surface area contributed by atoms with Crippen LogP contribution >= 0.6 is 0 Å². The Kier molecular flexibility index (Phi) is 3.22. The first-order valence-corrected chi connectivity index (χ1v) is 8.68. The van der Waals surface area contributed by atoms with Crippen LogP contribution in [0.4, 0.5) is 10.3 Å². The van der Waals surface area contributed by atoms with Gasteiger partial charge in [-0.15, -0.1) is 10.2 Å². The number of nitrogens with one attached hydrogen (secondary N) is 1. The fraction of sp³-hybridized carbons (Fsp3) is 0.333. The summed E-state index contributed by atoms with van der Waals surface area (Å²) >= 11 is 0. The summed E-state index contributed by atoms with van der Waals surface area (Å²) in [5.74, 6) is 0.440. The van der Waals surface area contributed by atoms with Crippen LogP contribution in [0.1, 0.15) is 19.3 Å². The monoisotopic (exact) mass is 351 g/mol. The summed E-state index contributed by atoms with van der Waals surface area (Å²) in [4.78, 5) is 4.36. The largest absolute Gasteiger partial charge is 0.350 e. The van der Waals surface area contributed by atoms with Crippen LogP contribution in [-0.4, -0.2) is 41.8 Å². The van der Waals surface area contributed by atoms with Gasteiger partial charge in [0.05, 0.1) is 23.8 Å². The molecule has 0 bridgehead atoms. The van der Waals surface area contributed by atoms with Gasteiger partial charge in [-0.1, -0.05) is 11.3 Å². The van der Waals surface area contributed by atoms with Crippen LogP contribution in [0.25, 0.3) is 27.7 Å². The van der Waals surface area contributed by atoms with Gasteiger partial charge in [-0.05, 0) is 43.0 Å². The number of nitrogens with zero attached hydrogens (tertiary/aromatic N) is 6. The number of alkyl halides is 1. The second-order valence-corrected chi connectivity index (χ2v) is 6.92. The molecule has 26 heavy (non-hydrogen) atoms. The van der Waals surface area contributed by atoms with Crippen molar-refractivity contribution in [2.75, 3.05) is 11.9 Å². The van der Waals surface area contributed by atoms with E-state index in [1.807, 2.05) is 31.4 Å². The summed E-state index contributed by atoms with van der Waals surface area (Å²) in [6.07, 6.45) is 5.83. The predicted molar refractivity (Wildman–Crippen MR) is 96.7 cm³/mol. The van der Waals surface area contributed by atoms with Crippen molar-refractivity contribution in [3.8, 4) is 11.1 Å². The van der Waals surface area contributed by atoms with E-state index in [2.05, 4.69) is 31.8 Å². The number of fused-ring (bicyclic) bond motifs is 2. The molecule has 1 aliphatic rings. The molecule has 1 saturated carbocycles. The molecule has 3 heterocycles. The van der Waals surface area contributed by atoms with E-state index in [4.69, 9.17) is 0 Å². The number of rotatable bonds is 4. The molecule has 0 unspecified atom stereocenters. The highest BCUT2D eigenvalue weighted by molar-refractivity contribution is 5.87. The molecule has 0 aliphatic heterocycles. The molecule has 0 spiro atoms. The van der Waals surface area contributed by atoms with Gasteiger partial charge in [-0.3, -0.25) is 0 Å². The van der Waals surface area contributed by atoms with Gasteiger partial charge in [0, 0.05) is 18.8 Å². The van der Waals surface area contributed by atoms with Crippen molar-refractivity contribution in [3.05, 3.63) is 36.7 Å². The van der Waals surface area contributed by atoms with Crippen LogP contribution in [0.2, 0.25) is 0 Å². The minimum absolute atomic E-state index is 0.261. The zero-order chi connectivity index (χ0) is 17.7. The quantitative estimate of drug-likeness (QED) is 0.612. The molecule has 132 valence electrons. The molecule has 7 nitrogen and oxygen atoms in total. The predicted octanol–water partition coefficient (Wildman–Crippen LogP) is 2.98. The van der Waals surface area contributed by atoms with E-state index in [-0.39, 0.29) is 6.54 Å². The highest BCUT2D eigenvalue weighted by Crippen LogP contribution is 2.35. The summed E-state index contributed by atoms with van der Waals surface area (Å²) in [7, 11) is 1.87. The molecule has 1 fully saturated rings. The van der Waals surface area contributed by atoms with E-state index >= 15 is 0 Å². The molecule has 1 aromatic carbocycles. The molecule has 0 amide bonds. The van der Waals surface area contributed by atoms with Crippen LogP contribution in [0.5, 0.6) is 0 Å². The van der Waals surface area contributed by atoms with E-state index in [1.165, 1.54) is 0 Å². The van der Waals surface area contributed by atoms with Crippen molar-refractivity contribution in [2.24, 2.45) is 7.05 Å². The van der Waals surface area contributed by atoms with Gasteiger partial charge < -0.3 is 5.32 Å². The molecule has 1 N–H and O–H groups in total. The first-order chi connectivity index (χ1) is 12.6. The number of halogens is 1. The second kappa shape index (κ2) is 5.48. The standard InChI is InChI=1S/C18H18FN7/c1-25-15-9-12(3-4-14(15)22-24-25)13-5-8-26-16(13)10-20-17(23-26)21-11-18(19)6-2-7-18/h3-5,8-10H,2,6-7,11H2,1H3,(H,21,23). The number of aromatic nitrogens is 6. The molecule has 5 rings (SSSR count). The van der Waals surface area contributed by atoms with Crippen LogP contribution in [0.3, 0.4) is 0 Å². The lowest BCUT2D eigenvalue weighted by atomic mass is 9.82. The molecular formula is C18H18FN7. The fourth-order valence-electron chi connectivity index (χ4n) is 3.40. The topological polar surface area (TPSA) is 72.9 Å². The third kappa shape index (κ3) is 2.40. The van der Waals surface area contributed by atoms with Gasteiger partial charge in [0.15, 0.2) is 0 Å². The normalized spacial score (nSPS) is 16.1. The Morgan fingerprint density at radius 3 is 2.92 bits per heavy atom. The van der Waals surface area contributed by atoms with E-state index in [0.717, 1.165) is 34.1 Å². The third-order valence-corrected chi connectivity index (χ3v) is 5.15. The molecular weight excluding hydrogens is 333 g/mol. The Morgan fingerprint density at radius 1 is 1.23 bits per heavy atom. The summed E-state index contributed by atoms with van der Waals surface area (Å²) < 4.78 is 17.6. The van der Waals surface area contributed by atoms with Crippen molar-refractivity contribution in [1.82, 2.24) is 29.6 Å². The van der Waals surface area contributed by atoms with Gasteiger partial charge >= 0.3 is 0 Å². The van der Waals surface area contributed by atoms with Crippen molar-refractivity contribution in [3.63, 3.8) is 0 Å². The molecule has 3 aromatic heterocycles. The maximum atomic E-state index is 14.1. The van der Waals surface area contributed by atoms with Gasteiger partial charge in [-0.25, -0.2) is 18.6 Å². The highest BCUT2D eigenvalue weighted by Gasteiger charge is 2.36. The Balaban J connectivity index is 1.47. The number of aryl methyl sites for hydroxylation is 1. The van der Waals surface area contributed by atoms with Crippen LogP contribution in [0, 0.1) is 0 Å².